The number of aryl methyl sites for hydroxylation is 1. The zero-order valence-electron chi connectivity index (χ0n) is 20.5. The van der Waals surface area contributed by atoms with Gasteiger partial charge in [-0.3, -0.25) is 14.6 Å². The fourth-order valence-corrected chi connectivity index (χ4v) is 6.43. The fourth-order valence-electron chi connectivity index (χ4n) is 4.91. The number of carbonyl (C=O) groups is 1. The number of aromatic amines is 1. The summed E-state index contributed by atoms with van der Waals surface area (Å²) in [6, 6.07) is 10.9. The maximum absolute atomic E-state index is 13.2. The van der Waals surface area contributed by atoms with Gasteiger partial charge in [-0.05, 0) is 74.9 Å². The van der Waals surface area contributed by atoms with Crippen LogP contribution < -0.4 is 10.9 Å². The van der Waals surface area contributed by atoms with Crippen LogP contribution in [0.25, 0.3) is 17.4 Å². The topological polar surface area (TPSA) is 143 Å². The van der Waals surface area contributed by atoms with Crippen molar-refractivity contribution in [2.75, 3.05) is 18.4 Å². The van der Waals surface area contributed by atoms with Gasteiger partial charge in [-0.15, -0.1) is 0 Å². The number of fused-ring (bicyclic) bond motifs is 1. The fraction of sp³-hybridized carbons (Fsp3) is 0.308. The number of carbonyl (C=O) groups excluding carboxylic acids is 1. The average Bonchev–Trinajstić information content (AvgIpc) is 3.71. The van der Waals surface area contributed by atoms with Gasteiger partial charge in [-0.2, -0.15) is 14.1 Å². The lowest BCUT2D eigenvalue weighted by molar-refractivity contribution is 0.102. The molecule has 0 atom stereocenters. The first-order valence-corrected chi connectivity index (χ1v) is 14.0. The number of rotatable bonds is 6. The molecule has 1 aliphatic carbocycles. The minimum Gasteiger partial charge on any atom is -0.463 e. The number of sulfonamides is 1. The Bertz CT molecular complexity index is 1650. The van der Waals surface area contributed by atoms with Crippen molar-refractivity contribution in [2.24, 2.45) is 0 Å². The van der Waals surface area contributed by atoms with E-state index >= 15 is 0 Å². The van der Waals surface area contributed by atoms with E-state index < -0.39 is 15.9 Å². The quantitative estimate of drug-likeness (QED) is 0.387. The minimum absolute atomic E-state index is 0.150. The van der Waals surface area contributed by atoms with Gasteiger partial charge in [0.05, 0.1) is 16.9 Å². The summed E-state index contributed by atoms with van der Waals surface area (Å²) in [6.07, 6.45) is 6.49. The molecule has 2 aliphatic rings. The average molecular weight is 535 g/mol. The van der Waals surface area contributed by atoms with E-state index in [0.29, 0.717) is 42.9 Å². The van der Waals surface area contributed by atoms with Crippen molar-refractivity contribution in [2.45, 2.75) is 43.4 Å². The standard InChI is InChI=1S/C26H26N6O5S/c33-24(17-9-11-18(12-10-17)38(35,36)31-13-3-4-14-31)28-23-16-21(22-8-5-15-37-22)30-32(23)26-27-20-7-2-1-6-19(20)25(34)29-26/h5,8-12,15-16H,1-4,6-7,13-14H2,(H,28,33)(H,27,29,34). The van der Waals surface area contributed by atoms with E-state index in [-0.39, 0.29) is 27.8 Å². The molecule has 3 aromatic heterocycles. The predicted molar refractivity (Wildman–Crippen MR) is 139 cm³/mol. The van der Waals surface area contributed by atoms with Crippen molar-refractivity contribution in [3.05, 3.63) is 75.9 Å². The summed E-state index contributed by atoms with van der Waals surface area (Å²) >= 11 is 0. The molecule has 4 aromatic rings. The number of aromatic nitrogens is 4. The maximum Gasteiger partial charge on any atom is 0.256 e. The zero-order chi connectivity index (χ0) is 26.3. The summed E-state index contributed by atoms with van der Waals surface area (Å²) in [7, 11) is -3.58. The molecule has 1 aliphatic heterocycles. The highest BCUT2D eigenvalue weighted by atomic mass is 32.2. The van der Waals surface area contributed by atoms with Crippen molar-refractivity contribution >= 4 is 21.7 Å². The summed E-state index contributed by atoms with van der Waals surface area (Å²) < 4.78 is 34.0. The molecular formula is C26H26N6O5S. The maximum atomic E-state index is 13.2. The molecule has 1 amide bonds. The van der Waals surface area contributed by atoms with Crippen LogP contribution >= 0.6 is 0 Å². The number of nitrogens with zero attached hydrogens (tertiary/aromatic N) is 4. The third-order valence-electron chi connectivity index (χ3n) is 6.92. The Kier molecular flexibility index (Phi) is 6.20. The number of amides is 1. The Morgan fingerprint density at radius 2 is 1.79 bits per heavy atom. The minimum atomic E-state index is -3.58. The number of hydrogen-bond acceptors (Lipinski definition) is 7. The highest BCUT2D eigenvalue weighted by Crippen LogP contribution is 2.26. The molecule has 38 heavy (non-hydrogen) atoms. The number of hydrogen-bond donors (Lipinski definition) is 2. The van der Waals surface area contributed by atoms with Crippen LogP contribution in [-0.4, -0.2) is 51.5 Å². The van der Waals surface area contributed by atoms with Gasteiger partial charge < -0.3 is 9.73 Å². The second-order valence-corrected chi connectivity index (χ2v) is 11.4. The molecule has 6 rings (SSSR count). The largest absolute Gasteiger partial charge is 0.463 e. The lowest BCUT2D eigenvalue weighted by atomic mass is 9.97. The number of nitrogens with one attached hydrogen (secondary N) is 2. The summed E-state index contributed by atoms with van der Waals surface area (Å²) in [5, 5.41) is 7.36. The van der Waals surface area contributed by atoms with Crippen molar-refractivity contribution in [3.8, 4) is 17.4 Å². The van der Waals surface area contributed by atoms with Crippen LogP contribution in [0.2, 0.25) is 0 Å². The molecule has 2 N–H and O–H groups in total. The second-order valence-electron chi connectivity index (χ2n) is 9.42. The van der Waals surface area contributed by atoms with E-state index in [4.69, 9.17) is 4.42 Å². The third kappa shape index (κ3) is 4.45. The van der Waals surface area contributed by atoms with E-state index in [2.05, 4.69) is 20.4 Å². The molecule has 1 saturated heterocycles. The van der Waals surface area contributed by atoms with Gasteiger partial charge >= 0.3 is 0 Å². The van der Waals surface area contributed by atoms with Crippen molar-refractivity contribution in [1.82, 2.24) is 24.1 Å². The van der Waals surface area contributed by atoms with Crippen LogP contribution in [0.3, 0.4) is 0 Å². The molecule has 0 radical (unpaired) electrons. The lowest BCUT2D eigenvalue weighted by Gasteiger charge is -2.16. The summed E-state index contributed by atoms with van der Waals surface area (Å²) in [5.74, 6) is 0.475. The van der Waals surface area contributed by atoms with Crippen LogP contribution in [0.15, 0.2) is 62.8 Å². The van der Waals surface area contributed by atoms with Gasteiger partial charge in [0.25, 0.3) is 11.5 Å². The predicted octanol–water partition coefficient (Wildman–Crippen LogP) is 3.13. The Hall–Kier alpha value is -4.03. The molecule has 0 spiro atoms. The van der Waals surface area contributed by atoms with E-state index in [1.165, 1.54) is 39.5 Å². The van der Waals surface area contributed by atoms with Crippen molar-refractivity contribution < 1.29 is 17.6 Å². The first kappa shape index (κ1) is 24.3. The van der Waals surface area contributed by atoms with Crippen LogP contribution in [-0.2, 0) is 22.9 Å². The first-order chi connectivity index (χ1) is 18.4. The summed E-state index contributed by atoms with van der Waals surface area (Å²) in [4.78, 5) is 33.5. The molecule has 11 nitrogen and oxygen atoms in total. The Balaban J connectivity index is 1.32. The Labute approximate surface area is 218 Å². The summed E-state index contributed by atoms with van der Waals surface area (Å²) in [6.45, 7) is 1.01. The number of benzene rings is 1. The lowest BCUT2D eigenvalue weighted by Crippen LogP contribution is -2.27. The normalized spacial score (nSPS) is 15.9. The second kappa shape index (κ2) is 9.69. The zero-order valence-corrected chi connectivity index (χ0v) is 21.3. The third-order valence-corrected chi connectivity index (χ3v) is 8.84. The molecule has 196 valence electrons. The van der Waals surface area contributed by atoms with Crippen molar-refractivity contribution in [3.63, 3.8) is 0 Å². The van der Waals surface area contributed by atoms with Crippen LogP contribution in [0.1, 0.15) is 47.3 Å². The van der Waals surface area contributed by atoms with E-state index in [1.54, 1.807) is 18.2 Å². The first-order valence-electron chi connectivity index (χ1n) is 12.6. The molecule has 1 fully saturated rings. The number of anilines is 1. The van der Waals surface area contributed by atoms with E-state index in [9.17, 15) is 18.0 Å². The van der Waals surface area contributed by atoms with Gasteiger partial charge in [-0.25, -0.2) is 13.4 Å². The number of furan rings is 1. The van der Waals surface area contributed by atoms with Gasteiger partial charge in [-0.1, -0.05) is 0 Å². The molecule has 12 heteroatoms. The van der Waals surface area contributed by atoms with Crippen LogP contribution in [0.4, 0.5) is 5.82 Å². The Morgan fingerprint density at radius 1 is 1.03 bits per heavy atom. The number of H-pyrrole nitrogens is 1. The van der Waals surface area contributed by atoms with Gasteiger partial charge in [0.1, 0.15) is 11.5 Å². The van der Waals surface area contributed by atoms with Gasteiger partial charge in [0, 0.05) is 30.3 Å². The molecule has 1 aromatic carbocycles. The van der Waals surface area contributed by atoms with Crippen LogP contribution in [0, 0.1) is 0 Å². The SMILES string of the molecule is O=C(Nc1cc(-c2ccco2)nn1-c1nc2c(c(=O)[nH]1)CCCC2)c1ccc(S(=O)(=O)N2CCCC2)cc1. The monoisotopic (exact) mass is 534 g/mol. The molecule has 0 unspecified atom stereocenters. The summed E-state index contributed by atoms with van der Waals surface area (Å²) in [5.41, 5.74) is 1.92. The molecule has 0 saturated carbocycles. The van der Waals surface area contributed by atoms with Crippen molar-refractivity contribution in [1.29, 1.82) is 0 Å². The molecular weight excluding hydrogens is 508 g/mol. The molecule has 0 bridgehead atoms. The van der Waals surface area contributed by atoms with Gasteiger partial charge in [0.15, 0.2) is 5.76 Å². The molecule has 4 heterocycles. The highest BCUT2D eigenvalue weighted by Gasteiger charge is 2.27. The smallest absolute Gasteiger partial charge is 0.256 e. The Morgan fingerprint density at radius 3 is 2.53 bits per heavy atom. The van der Waals surface area contributed by atoms with Gasteiger partial charge in [0.2, 0.25) is 16.0 Å². The highest BCUT2D eigenvalue weighted by molar-refractivity contribution is 7.89. The van der Waals surface area contributed by atoms with Crippen LogP contribution in [0.5, 0.6) is 0 Å². The van der Waals surface area contributed by atoms with E-state index in [0.717, 1.165) is 31.4 Å². The van der Waals surface area contributed by atoms with E-state index in [1.807, 2.05) is 0 Å².